The number of carbonyl (C=O) groups excluding carboxylic acids is 1. The molecular formula is C20H20FN5O3S. The Morgan fingerprint density at radius 1 is 1.03 bits per heavy atom. The smallest absolute Gasteiger partial charge is 0.243 e. The van der Waals surface area contributed by atoms with Gasteiger partial charge in [-0.1, -0.05) is 12.1 Å². The highest BCUT2D eigenvalue weighted by atomic mass is 32.2. The first-order chi connectivity index (χ1) is 14.3. The van der Waals surface area contributed by atoms with Crippen molar-refractivity contribution in [3.05, 3.63) is 54.3 Å². The fraction of sp³-hybridized carbons (Fsp3) is 0.250. The van der Waals surface area contributed by atoms with Gasteiger partial charge in [-0.25, -0.2) is 22.8 Å². The van der Waals surface area contributed by atoms with Crippen molar-refractivity contribution in [3.8, 4) is 0 Å². The Hall–Kier alpha value is -3.11. The maximum absolute atomic E-state index is 13.1. The van der Waals surface area contributed by atoms with E-state index in [1.165, 1.54) is 24.1 Å². The highest BCUT2D eigenvalue weighted by molar-refractivity contribution is 7.89. The van der Waals surface area contributed by atoms with Crippen molar-refractivity contribution in [2.24, 2.45) is 0 Å². The molecule has 156 valence electrons. The van der Waals surface area contributed by atoms with Crippen LogP contribution in [0.4, 0.5) is 16.0 Å². The number of aromatic nitrogens is 2. The first kappa shape index (κ1) is 20.2. The van der Waals surface area contributed by atoms with E-state index in [1.807, 2.05) is 36.2 Å². The number of anilines is 2. The largest absolute Gasteiger partial charge is 0.355 e. The lowest BCUT2D eigenvalue weighted by Gasteiger charge is -2.34. The molecule has 0 saturated heterocycles. The summed E-state index contributed by atoms with van der Waals surface area (Å²) < 4.78 is 39.5. The fourth-order valence-corrected chi connectivity index (χ4v) is 4.39. The van der Waals surface area contributed by atoms with Gasteiger partial charge in [0.15, 0.2) is 11.6 Å². The summed E-state index contributed by atoms with van der Waals surface area (Å²) >= 11 is 0. The molecule has 1 aromatic heterocycles. The third kappa shape index (κ3) is 3.59. The fourth-order valence-electron chi connectivity index (χ4n) is 3.27. The van der Waals surface area contributed by atoms with Gasteiger partial charge in [-0.2, -0.15) is 4.31 Å². The van der Waals surface area contributed by atoms with Crippen molar-refractivity contribution in [2.75, 3.05) is 43.5 Å². The van der Waals surface area contributed by atoms with E-state index in [4.69, 9.17) is 0 Å². The van der Waals surface area contributed by atoms with Gasteiger partial charge in [0.25, 0.3) is 0 Å². The lowest BCUT2D eigenvalue weighted by atomic mass is 10.2. The molecule has 3 aromatic rings. The minimum Gasteiger partial charge on any atom is -0.355 e. The predicted octanol–water partition coefficient (Wildman–Crippen LogP) is 1.87. The molecule has 0 N–H and O–H groups in total. The molecule has 10 heteroatoms. The van der Waals surface area contributed by atoms with E-state index in [1.54, 1.807) is 0 Å². The van der Waals surface area contributed by atoms with Gasteiger partial charge in [-0.15, -0.1) is 0 Å². The summed E-state index contributed by atoms with van der Waals surface area (Å²) in [5.74, 6) is 0.0204. The normalized spacial score (nSPS) is 14.3. The van der Waals surface area contributed by atoms with E-state index in [0.29, 0.717) is 35.8 Å². The third-order valence-corrected chi connectivity index (χ3v) is 6.81. The molecule has 0 fully saturated rings. The predicted molar refractivity (Wildman–Crippen MR) is 111 cm³/mol. The second-order valence-electron chi connectivity index (χ2n) is 7.04. The van der Waals surface area contributed by atoms with Crippen molar-refractivity contribution in [2.45, 2.75) is 4.90 Å². The molecule has 2 aromatic carbocycles. The summed E-state index contributed by atoms with van der Waals surface area (Å²) in [5, 5.41) is 0. The zero-order valence-electron chi connectivity index (χ0n) is 16.5. The minimum atomic E-state index is -3.94. The monoisotopic (exact) mass is 429 g/mol. The van der Waals surface area contributed by atoms with Crippen LogP contribution in [-0.2, 0) is 14.8 Å². The molecule has 8 nitrogen and oxygen atoms in total. The zero-order chi connectivity index (χ0) is 21.5. The number of hydrogen-bond donors (Lipinski definition) is 0. The van der Waals surface area contributed by atoms with E-state index in [9.17, 15) is 17.6 Å². The van der Waals surface area contributed by atoms with Crippen LogP contribution < -0.4 is 9.80 Å². The third-order valence-electron chi connectivity index (χ3n) is 4.99. The Morgan fingerprint density at radius 3 is 2.27 bits per heavy atom. The quantitative estimate of drug-likeness (QED) is 0.629. The SMILES string of the molecule is CN1CCN(C(=O)CN(C)S(=O)(=O)c2ccc(F)cc2)c2nc3ccccc3nc21. The maximum Gasteiger partial charge on any atom is 0.243 e. The standard InChI is InChI=1S/C20H20FN5O3S/c1-24-11-12-26(20-19(24)22-16-5-3-4-6-17(16)23-20)18(27)13-25(2)30(28,29)15-9-7-14(21)8-10-15/h3-10H,11-13H2,1-2H3. The zero-order valence-corrected chi connectivity index (χ0v) is 17.3. The second-order valence-corrected chi connectivity index (χ2v) is 9.09. The molecular weight excluding hydrogens is 409 g/mol. The van der Waals surface area contributed by atoms with Crippen molar-refractivity contribution in [3.63, 3.8) is 0 Å². The van der Waals surface area contributed by atoms with Crippen molar-refractivity contribution < 1.29 is 17.6 Å². The maximum atomic E-state index is 13.1. The van der Waals surface area contributed by atoms with Crippen LogP contribution in [0.15, 0.2) is 53.4 Å². The van der Waals surface area contributed by atoms with Crippen molar-refractivity contribution in [1.29, 1.82) is 0 Å². The van der Waals surface area contributed by atoms with E-state index < -0.39 is 21.7 Å². The van der Waals surface area contributed by atoms with Crippen LogP contribution in [-0.4, -0.2) is 62.3 Å². The van der Waals surface area contributed by atoms with Gasteiger partial charge in [0.2, 0.25) is 15.9 Å². The van der Waals surface area contributed by atoms with Crippen LogP contribution in [0.3, 0.4) is 0 Å². The van der Waals surface area contributed by atoms with Gasteiger partial charge < -0.3 is 4.90 Å². The summed E-state index contributed by atoms with van der Waals surface area (Å²) in [6.45, 7) is 0.525. The number of benzene rings is 2. The highest BCUT2D eigenvalue weighted by Gasteiger charge is 2.31. The number of hydrogen-bond acceptors (Lipinski definition) is 6. The van der Waals surface area contributed by atoms with Gasteiger partial charge in [0.1, 0.15) is 5.82 Å². The van der Waals surface area contributed by atoms with Gasteiger partial charge in [-0.3, -0.25) is 9.69 Å². The van der Waals surface area contributed by atoms with Gasteiger partial charge in [0.05, 0.1) is 22.5 Å². The summed E-state index contributed by atoms with van der Waals surface area (Å²) in [4.78, 5) is 25.5. The highest BCUT2D eigenvalue weighted by Crippen LogP contribution is 2.30. The topological polar surface area (TPSA) is 86.7 Å². The number of halogens is 1. The van der Waals surface area contributed by atoms with Crippen LogP contribution in [0.2, 0.25) is 0 Å². The van der Waals surface area contributed by atoms with Gasteiger partial charge in [0, 0.05) is 27.2 Å². The first-order valence-electron chi connectivity index (χ1n) is 9.27. The summed E-state index contributed by atoms with van der Waals surface area (Å²) in [6, 6.07) is 11.9. The number of fused-ring (bicyclic) bond motifs is 2. The Labute approximate surface area is 173 Å². The van der Waals surface area contributed by atoms with Gasteiger partial charge >= 0.3 is 0 Å². The molecule has 2 heterocycles. The second kappa shape index (κ2) is 7.62. The van der Waals surface area contributed by atoms with Gasteiger partial charge in [-0.05, 0) is 36.4 Å². The van der Waals surface area contributed by atoms with E-state index in [0.717, 1.165) is 16.4 Å². The summed E-state index contributed by atoms with van der Waals surface area (Å²) in [6.07, 6.45) is 0. The minimum absolute atomic E-state index is 0.0798. The molecule has 0 aliphatic carbocycles. The molecule has 0 radical (unpaired) electrons. The lowest BCUT2D eigenvalue weighted by Crippen LogP contribution is -2.47. The molecule has 0 atom stereocenters. The average molecular weight is 429 g/mol. The van der Waals surface area contributed by atoms with Crippen LogP contribution in [0.1, 0.15) is 0 Å². The molecule has 0 saturated carbocycles. The number of carbonyl (C=O) groups is 1. The van der Waals surface area contributed by atoms with Crippen LogP contribution in [0.25, 0.3) is 11.0 Å². The average Bonchev–Trinajstić information content (AvgIpc) is 2.73. The van der Waals surface area contributed by atoms with Crippen LogP contribution in [0, 0.1) is 5.82 Å². The Kier molecular flexibility index (Phi) is 5.12. The Balaban J connectivity index is 1.62. The molecule has 1 amide bonds. The number of rotatable bonds is 4. The van der Waals surface area contributed by atoms with Crippen molar-refractivity contribution in [1.82, 2.24) is 14.3 Å². The number of amides is 1. The summed E-state index contributed by atoms with van der Waals surface area (Å²) in [7, 11) is -0.750. The van der Waals surface area contributed by atoms with E-state index >= 15 is 0 Å². The van der Waals surface area contributed by atoms with E-state index in [-0.39, 0.29) is 11.4 Å². The number of likely N-dealkylation sites (N-methyl/N-ethyl adjacent to an activating group) is 2. The summed E-state index contributed by atoms with van der Waals surface area (Å²) in [5.41, 5.74) is 1.37. The molecule has 0 spiro atoms. The molecule has 30 heavy (non-hydrogen) atoms. The molecule has 1 aliphatic heterocycles. The van der Waals surface area contributed by atoms with Crippen LogP contribution >= 0.6 is 0 Å². The number of sulfonamides is 1. The molecule has 0 unspecified atom stereocenters. The number of para-hydroxylation sites is 2. The molecule has 0 bridgehead atoms. The van der Waals surface area contributed by atoms with Crippen LogP contribution in [0.5, 0.6) is 0 Å². The number of nitrogens with zero attached hydrogens (tertiary/aromatic N) is 5. The first-order valence-corrected chi connectivity index (χ1v) is 10.7. The van der Waals surface area contributed by atoms with Crippen molar-refractivity contribution >= 4 is 38.6 Å². The van der Waals surface area contributed by atoms with E-state index in [2.05, 4.69) is 9.97 Å². The Bertz CT molecular complexity index is 1220. The molecule has 4 rings (SSSR count). The Morgan fingerprint density at radius 2 is 1.63 bits per heavy atom. The molecule has 1 aliphatic rings. The lowest BCUT2D eigenvalue weighted by molar-refractivity contribution is -0.118.